The van der Waals surface area contributed by atoms with E-state index in [2.05, 4.69) is 67.4 Å². The topological polar surface area (TPSA) is 202 Å². The van der Waals surface area contributed by atoms with Crippen molar-refractivity contribution < 1.29 is 23.2 Å². The van der Waals surface area contributed by atoms with E-state index in [1.807, 2.05) is 156 Å². The van der Waals surface area contributed by atoms with Gasteiger partial charge in [0.25, 0.3) is 0 Å². The van der Waals surface area contributed by atoms with Gasteiger partial charge in [-0.1, -0.05) is 89.4 Å². The van der Waals surface area contributed by atoms with Crippen LogP contribution in [0.1, 0.15) is 37.7 Å². The zero-order valence-corrected chi connectivity index (χ0v) is 40.5. The summed E-state index contributed by atoms with van der Waals surface area (Å²) in [6.07, 6.45) is 15.4. The third-order valence-corrected chi connectivity index (χ3v) is 11.2. The van der Waals surface area contributed by atoms with Gasteiger partial charge >= 0.3 is 0 Å². The molecule has 71 heavy (non-hydrogen) atoms. The van der Waals surface area contributed by atoms with Gasteiger partial charge in [0.15, 0.2) is 17.6 Å². The third kappa shape index (κ3) is 18.1. The number of nitrogens with one attached hydrogen (secondary N) is 2. The van der Waals surface area contributed by atoms with Crippen LogP contribution >= 0.6 is 22.9 Å². The fourth-order valence-corrected chi connectivity index (χ4v) is 7.34. The van der Waals surface area contributed by atoms with Gasteiger partial charge in [0.1, 0.15) is 34.4 Å². The number of rotatable bonds is 0. The summed E-state index contributed by atoms with van der Waals surface area (Å²) in [5.41, 5.74) is 11.4. The van der Waals surface area contributed by atoms with E-state index in [0.717, 1.165) is 82.0 Å². The minimum absolute atomic E-state index is 0.705. The Bertz CT molecular complexity index is 2700. The summed E-state index contributed by atoms with van der Waals surface area (Å²) in [6.45, 7) is 4.71. The van der Waals surface area contributed by atoms with Crippen LogP contribution in [0.2, 0.25) is 0 Å². The quantitative estimate of drug-likeness (QED) is 0.145. The summed E-state index contributed by atoms with van der Waals surface area (Å²) in [5, 5.41) is 22.7. The predicted octanol–water partition coefficient (Wildman–Crippen LogP) is 12.5. The highest BCUT2D eigenvalue weighted by atomic mass is 32.1. The van der Waals surface area contributed by atoms with Crippen LogP contribution in [-0.4, -0.2) is 88.3 Å². The molecule has 0 radical (unpaired) electrons. The van der Waals surface area contributed by atoms with Crippen LogP contribution in [0.15, 0.2) is 190 Å². The average molecular weight is 988 g/mol. The number of fused-ring (bicyclic) bond motifs is 6. The van der Waals surface area contributed by atoms with Gasteiger partial charge in [0, 0.05) is 42.6 Å². The molecule has 3 aliphatic heterocycles. The number of aromatic nitrogens is 11. The summed E-state index contributed by atoms with van der Waals surface area (Å²) < 4.78 is 29.9. The molecular weight excluding hydrogens is 935 g/mol. The molecule has 362 valence electrons. The van der Waals surface area contributed by atoms with Crippen molar-refractivity contribution in [2.24, 2.45) is 0 Å². The number of oxazole rings is 1. The van der Waals surface area contributed by atoms with Crippen LogP contribution < -0.4 is 4.74 Å². The Labute approximate surface area is 417 Å². The van der Waals surface area contributed by atoms with Gasteiger partial charge in [-0.25, -0.2) is 15.0 Å². The van der Waals surface area contributed by atoms with Crippen LogP contribution in [0.25, 0.3) is 60.6 Å². The van der Waals surface area contributed by atoms with Crippen LogP contribution in [0.5, 0.6) is 5.75 Å². The highest BCUT2D eigenvalue weighted by Gasteiger charge is 2.01. The van der Waals surface area contributed by atoms with Crippen molar-refractivity contribution >= 4 is 83.4 Å². The van der Waals surface area contributed by atoms with Crippen molar-refractivity contribution in [2.75, 3.05) is 33.0 Å². The summed E-state index contributed by atoms with van der Waals surface area (Å²) in [5.74, 6) is 0.991. The minimum Gasteiger partial charge on any atom is -0.489 e. The standard InChI is InChI=1S/C9H8O.C7H6N2.C7H5NO.C7H5NS.C6H5N3.C6H4N2O.C5H10O.C4H8O.C2H2N2S/c1-2-6-9-8(4-1)5-3-7-10-9;3*1-2-4-7-6(3-1)8-5-9-7;1-2-4-6-5(3-1)7-9-8-6;1-2-4-6-5(3-1)7-8-9-6;1-2-4-6-5-3-1;1-2-4-5-3-1;1-2-5-4-3-1/h1-6H,7H2;1-5H,(H,8,9);2*1-5H;1-4H,(H,7,8,9);1-4H;1-5H2;1-4H2;1-2H. The first-order chi connectivity index (χ1) is 35.3. The van der Waals surface area contributed by atoms with E-state index < -0.39 is 0 Å². The maximum atomic E-state index is 5.34. The molecule has 2 fully saturated rings. The molecule has 15 rings (SSSR count). The van der Waals surface area contributed by atoms with Crippen molar-refractivity contribution in [1.29, 1.82) is 0 Å². The van der Waals surface area contributed by atoms with E-state index in [1.165, 1.54) is 60.3 Å². The molecule has 3 aliphatic rings. The lowest BCUT2D eigenvalue weighted by atomic mass is 10.1. The molecule has 6 aromatic carbocycles. The predicted molar refractivity (Wildman–Crippen MR) is 281 cm³/mol. The van der Waals surface area contributed by atoms with Crippen molar-refractivity contribution in [3.63, 3.8) is 0 Å². The molecule has 0 spiro atoms. The molecule has 0 atom stereocenters. The first-order valence-corrected chi connectivity index (χ1v) is 24.6. The summed E-state index contributed by atoms with van der Waals surface area (Å²) in [7, 11) is 0. The van der Waals surface area contributed by atoms with E-state index in [1.54, 1.807) is 23.9 Å². The number of hydrogen-bond donors (Lipinski definition) is 2. The molecule has 0 unspecified atom stereocenters. The van der Waals surface area contributed by atoms with E-state index in [9.17, 15) is 0 Å². The number of imidazole rings is 1. The number of ether oxygens (including phenoxy) is 3. The Kier molecular flexibility index (Phi) is 21.8. The van der Waals surface area contributed by atoms with E-state index in [4.69, 9.17) is 23.2 Å². The summed E-state index contributed by atoms with van der Waals surface area (Å²) in [6, 6.07) is 46.9. The van der Waals surface area contributed by atoms with Crippen LogP contribution in [0.4, 0.5) is 0 Å². The number of nitrogens with zero attached hydrogens (tertiary/aromatic N) is 9. The van der Waals surface area contributed by atoms with Gasteiger partial charge < -0.3 is 28.1 Å². The maximum Gasteiger partial charge on any atom is 0.187 e. The molecular formula is C53H53N11O5S2. The van der Waals surface area contributed by atoms with Crippen molar-refractivity contribution in [2.45, 2.75) is 32.1 Å². The van der Waals surface area contributed by atoms with Crippen molar-refractivity contribution in [1.82, 2.24) is 55.3 Å². The molecule has 18 heteroatoms. The van der Waals surface area contributed by atoms with Gasteiger partial charge in [-0.15, -0.1) is 21.5 Å². The summed E-state index contributed by atoms with van der Waals surface area (Å²) in [4.78, 5) is 15.2. The van der Waals surface area contributed by atoms with Gasteiger partial charge in [0.05, 0.1) is 39.3 Å². The number of hydrogen-bond acceptors (Lipinski definition) is 16. The molecule has 0 aliphatic carbocycles. The Morgan fingerprint density at radius 1 is 0.549 bits per heavy atom. The normalized spacial score (nSPS) is 12.7. The second kappa shape index (κ2) is 30.5. The molecule has 12 aromatic rings. The van der Waals surface area contributed by atoms with Crippen molar-refractivity contribution in [3.8, 4) is 5.75 Å². The second-order valence-electron chi connectivity index (χ2n) is 14.9. The lowest BCUT2D eigenvalue weighted by molar-refractivity contribution is 0.0968. The second-order valence-corrected chi connectivity index (χ2v) is 16.5. The molecule has 2 saturated heterocycles. The molecule has 9 heterocycles. The third-order valence-electron chi connectivity index (χ3n) is 9.92. The number of thiazole rings is 1. The zero-order valence-electron chi connectivity index (χ0n) is 38.9. The van der Waals surface area contributed by atoms with E-state index in [0.29, 0.717) is 6.61 Å². The number of aromatic amines is 2. The van der Waals surface area contributed by atoms with Crippen LogP contribution in [-0.2, 0) is 9.47 Å². The Hall–Kier alpha value is -8.03. The summed E-state index contributed by atoms with van der Waals surface area (Å²) >= 11 is 3.03. The largest absolute Gasteiger partial charge is 0.489 e. The minimum atomic E-state index is 0.705. The van der Waals surface area contributed by atoms with Crippen molar-refractivity contribution in [3.05, 3.63) is 187 Å². The zero-order chi connectivity index (χ0) is 48.6. The molecule has 6 aromatic heterocycles. The number of benzene rings is 6. The highest BCUT2D eigenvalue weighted by Crippen LogP contribution is 2.22. The fourth-order valence-electron chi connectivity index (χ4n) is 6.39. The maximum absolute atomic E-state index is 5.34. The number of H-pyrrole nitrogens is 2. The van der Waals surface area contributed by atoms with Gasteiger partial charge in [-0.05, 0) is 116 Å². The monoisotopic (exact) mass is 987 g/mol. The molecule has 2 N–H and O–H groups in total. The molecule has 0 saturated carbocycles. The van der Waals surface area contributed by atoms with E-state index >= 15 is 0 Å². The SMILES string of the molecule is C1=Cc2ccccc2OC1.C1CCOC1.C1CCOCC1.c1ccc2[nH]cnc2c1.c1ccc2n[nH]nc2c1.c1ccc2ocnc2c1.c1ccc2onnc2c1.c1ccc2scnc2c1.c1csnn1. The molecule has 0 bridgehead atoms. The fraction of sp³-hybridized carbons (Fsp3) is 0.189. The Morgan fingerprint density at radius 2 is 1.18 bits per heavy atom. The van der Waals surface area contributed by atoms with Crippen LogP contribution in [0.3, 0.4) is 0 Å². The Balaban J connectivity index is 0.000000118. The van der Waals surface area contributed by atoms with Gasteiger partial charge in [-0.2, -0.15) is 15.4 Å². The lowest BCUT2D eigenvalue weighted by Crippen LogP contribution is -2.03. The van der Waals surface area contributed by atoms with E-state index in [-0.39, 0.29) is 0 Å². The first kappa shape index (κ1) is 50.8. The smallest absolute Gasteiger partial charge is 0.187 e. The lowest BCUT2D eigenvalue weighted by Gasteiger charge is -2.10. The molecule has 0 amide bonds. The van der Waals surface area contributed by atoms with Gasteiger partial charge in [0.2, 0.25) is 0 Å². The highest BCUT2D eigenvalue weighted by molar-refractivity contribution is 7.16. The first-order valence-electron chi connectivity index (χ1n) is 22.9. The van der Waals surface area contributed by atoms with Crippen LogP contribution in [0, 0.1) is 0 Å². The Morgan fingerprint density at radius 3 is 1.80 bits per heavy atom. The average Bonchev–Trinajstić information content (AvgIpc) is 4.31. The number of para-hydroxylation sites is 9. The molecule has 16 nitrogen and oxygen atoms in total. The van der Waals surface area contributed by atoms with Gasteiger partial charge in [-0.3, -0.25) is 0 Å².